The number of hydrogen-bond donors (Lipinski definition) is 2. The van der Waals surface area contributed by atoms with Crippen LogP contribution in [0.4, 0.5) is 11.4 Å². The van der Waals surface area contributed by atoms with Crippen molar-refractivity contribution >= 4 is 27.3 Å². The highest BCUT2D eigenvalue weighted by Crippen LogP contribution is 2.25. The van der Waals surface area contributed by atoms with Crippen molar-refractivity contribution in [3.63, 3.8) is 0 Å². The normalized spacial score (nSPS) is 12.0. The van der Waals surface area contributed by atoms with Gasteiger partial charge in [-0.3, -0.25) is 9.52 Å². The van der Waals surface area contributed by atoms with Crippen molar-refractivity contribution in [2.24, 2.45) is 0 Å². The molecule has 190 valence electrons. The molecule has 4 aromatic carbocycles. The Hall–Kier alpha value is -4.10. The third-order valence-electron chi connectivity index (χ3n) is 6.05. The number of anilines is 2. The Morgan fingerprint density at radius 1 is 0.784 bits per heavy atom. The van der Waals surface area contributed by atoms with Crippen LogP contribution in [0, 0.1) is 13.8 Å². The highest BCUT2D eigenvalue weighted by molar-refractivity contribution is 7.92. The Labute approximate surface area is 218 Å². The lowest BCUT2D eigenvalue weighted by Gasteiger charge is -2.18. The van der Waals surface area contributed by atoms with Crippen LogP contribution < -0.4 is 14.8 Å². The number of para-hydroxylation sites is 1. The van der Waals surface area contributed by atoms with E-state index < -0.39 is 16.1 Å². The first-order chi connectivity index (χ1) is 17.8. The van der Waals surface area contributed by atoms with Crippen LogP contribution in [0.15, 0.2) is 102 Å². The maximum atomic E-state index is 12.9. The summed E-state index contributed by atoms with van der Waals surface area (Å²) < 4.78 is 34.4. The van der Waals surface area contributed by atoms with Crippen LogP contribution in [0.25, 0.3) is 11.1 Å². The fourth-order valence-electron chi connectivity index (χ4n) is 3.95. The molecule has 0 saturated heterocycles. The van der Waals surface area contributed by atoms with Gasteiger partial charge in [0, 0.05) is 5.69 Å². The van der Waals surface area contributed by atoms with Crippen LogP contribution in [0.2, 0.25) is 0 Å². The first-order valence-electron chi connectivity index (χ1n) is 12.1. The molecule has 0 fully saturated rings. The van der Waals surface area contributed by atoms with E-state index in [1.54, 1.807) is 12.1 Å². The van der Waals surface area contributed by atoms with Crippen molar-refractivity contribution in [2.45, 2.75) is 38.2 Å². The molecule has 1 atom stereocenters. The Bertz CT molecular complexity index is 1450. The number of rotatable bonds is 9. The number of hydrogen-bond acceptors (Lipinski definition) is 4. The minimum Gasteiger partial charge on any atom is -0.481 e. The lowest BCUT2D eigenvalue weighted by molar-refractivity contribution is -0.122. The summed E-state index contributed by atoms with van der Waals surface area (Å²) in [6, 6.07) is 29.3. The van der Waals surface area contributed by atoms with Gasteiger partial charge in [-0.05, 0) is 78.9 Å². The number of benzene rings is 4. The molecule has 0 aliphatic heterocycles. The molecule has 0 aliphatic carbocycles. The minimum absolute atomic E-state index is 0.106. The molecule has 0 aromatic heterocycles. The molecule has 0 spiro atoms. The number of sulfonamides is 1. The lowest BCUT2D eigenvalue weighted by Crippen LogP contribution is -2.32. The highest BCUT2D eigenvalue weighted by Gasteiger charge is 2.20. The van der Waals surface area contributed by atoms with E-state index in [-0.39, 0.29) is 10.8 Å². The van der Waals surface area contributed by atoms with Crippen molar-refractivity contribution < 1.29 is 17.9 Å². The Balaban J connectivity index is 1.40. The Morgan fingerprint density at radius 3 is 1.97 bits per heavy atom. The van der Waals surface area contributed by atoms with E-state index in [2.05, 4.69) is 10.0 Å². The van der Waals surface area contributed by atoms with Crippen LogP contribution in [-0.4, -0.2) is 20.4 Å². The van der Waals surface area contributed by atoms with Gasteiger partial charge in [0.2, 0.25) is 0 Å². The van der Waals surface area contributed by atoms with E-state index in [1.807, 2.05) is 93.6 Å². The largest absolute Gasteiger partial charge is 0.481 e. The number of amides is 1. The minimum atomic E-state index is -3.78. The van der Waals surface area contributed by atoms with E-state index in [1.165, 1.54) is 12.1 Å². The summed E-state index contributed by atoms with van der Waals surface area (Å²) in [6.45, 7) is 5.58. The predicted octanol–water partition coefficient (Wildman–Crippen LogP) is 6.57. The van der Waals surface area contributed by atoms with E-state index in [0.29, 0.717) is 23.5 Å². The average Bonchev–Trinajstić information content (AvgIpc) is 2.90. The van der Waals surface area contributed by atoms with Gasteiger partial charge in [-0.1, -0.05) is 67.6 Å². The van der Waals surface area contributed by atoms with Crippen LogP contribution in [0.1, 0.15) is 24.5 Å². The smallest absolute Gasteiger partial charge is 0.265 e. The molecule has 37 heavy (non-hydrogen) atoms. The zero-order valence-corrected chi connectivity index (χ0v) is 21.9. The summed E-state index contributed by atoms with van der Waals surface area (Å²) in [7, 11) is -3.78. The second-order valence-corrected chi connectivity index (χ2v) is 10.5. The van der Waals surface area contributed by atoms with E-state index in [4.69, 9.17) is 4.74 Å². The maximum absolute atomic E-state index is 12.9. The summed E-state index contributed by atoms with van der Waals surface area (Å²) >= 11 is 0. The second-order valence-electron chi connectivity index (χ2n) is 8.79. The molecule has 2 N–H and O–H groups in total. The van der Waals surface area contributed by atoms with Gasteiger partial charge in [0.15, 0.2) is 6.10 Å². The second kappa shape index (κ2) is 11.3. The molecule has 7 heteroatoms. The summed E-state index contributed by atoms with van der Waals surface area (Å²) in [5.74, 6) is 0.291. The monoisotopic (exact) mass is 514 g/mol. The van der Waals surface area contributed by atoms with Gasteiger partial charge in [-0.25, -0.2) is 8.42 Å². The fraction of sp³-hybridized carbons (Fsp3) is 0.167. The molecule has 6 nitrogen and oxygen atoms in total. The van der Waals surface area contributed by atoms with Crippen molar-refractivity contribution in [1.82, 2.24) is 0 Å². The predicted molar refractivity (Wildman–Crippen MR) is 148 cm³/mol. The van der Waals surface area contributed by atoms with Crippen LogP contribution in [-0.2, 0) is 14.8 Å². The molecule has 0 heterocycles. The van der Waals surface area contributed by atoms with E-state index in [0.717, 1.165) is 22.3 Å². The fourth-order valence-corrected chi connectivity index (χ4v) is 5.15. The average molecular weight is 515 g/mol. The van der Waals surface area contributed by atoms with Crippen LogP contribution in [0.3, 0.4) is 0 Å². The van der Waals surface area contributed by atoms with Crippen molar-refractivity contribution in [3.05, 3.63) is 108 Å². The zero-order valence-electron chi connectivity index (χ0n) is 21.1. The van der Waals surface area contributed by atoms with Gasteiger partial charge in [-0.2, -0.15) is 0 Å². The molecular weight excluding hydrogens is 484 g/mol. The lowest BCUT2D eigenvalue weighted by atomic mass is 10.1. The molecule has 4 aromatic rings. The van der Waals surface area contributed by atoms with Crippen LogP contribution in [0.5, 0.6) is 5.75 Å². The van der Waals surface area contributed by atoms with Crippen molar-refractivity contribution in [3.8, 4) is 16.9 Å². The van der Waals surface area contributed by atoms with Crippen LogP contribution >= 0.6 is 0 Å². The van der Waals surface area contributed by atoms with Gasteiger partial charge in [-0.15, -0.1) is 0 Å². The molecule has 4 rings (SSSR count). The molecule has 0 bridgehead atoms. The van der Waals surface area contributed by atoms with Gasteiger partial charge in [0.05, 0.1) is 10.6 Å². The van der Waals surface area contributed by atoms with E-state index in [9.17, 15) is 13.2 Å². The third-order valence-corrected chi connectivity index (χ3v) is 7.42. The molecule has 0 aliphatic rings. The molecular formula is C30H30N2O4S. The summed E-state index contributed by atoms with van der Waals surface area (Å²) in [4.78, 5) is 13.0. The molecule has 1 amide bonds. The quantitative estimate of drug-likeness (QED) is 0.265. The van der Waals surface area contributed by atoms with Gasteiger partial charge in [0.1, 0.15) is 5.75 Å². The molecule has 1 unspecified atom stereocenters. The number of carbonyl (C=O) groups is 1. The number of nitrogens with one attached hydrogen (secondary N) is 2. The number of aryl methyl sites for hydroxylation is 2. The summed E-state index contributed by atoms with van der Waals surface area (Å²) in [5, 5.41) is 2.82. The number of carbonyl (C=O) groups excluding carboxylic acids is 1. The molecule has 0 radical (unpaired) electrons. The summed E-state index contributed by atoms with van der Waals surface area (Å²) in [6.07, 6.45) is -0.227. The standard InChI is InChI=1S/C30H30N2O4S/c1-4-28(36-26-17-13-24(14-18-26)23-11-6-5-7-12-23)30(33)31-25-15-19-27(20-16-25)37(34,35)32-29-21(2)9-8-10-22(29)3/h5-20,28,32H,4H2,1-3H3,(H,31,33). The van der Waals surface area contributed by atoms with E-state index >= 15 is 0 Å². The zero-order chi connectivity index (χ0) is 26.4. The van der Waals surface area contributed by atoms with Crippen molar-refractivity contribution in [1.29, 1.82) is 0 Å². The topological polar surface area (TPSA) is 84.5 Å². The highest BCUT2D eigenvalue weighted by atomic mass is 32.2. The van der Waals surface area contributed by atoms with Crippen molar-refractivity contribution in [2.75, 3.05) is 10.0 Å². The number of ether oxygens (including phenoxy) is 1. The maximum Gasteiger partial charge on any atom is 0.265 e. The van der Waals surface area contributed by atoms with Gasteiger partial charge < -0.3 is 10.1 Å². The van der Waals surface area contributed by atoms with Gasteiger partial charge in [0.25, 0.3) is 15.9 Å². The summed E-state index contributed by atoms with van der Waals surface area (Å²) in [5.41, 5.74) is 4.90. The Morgan fingerprint density at radius 2 is 1.38 bits per heavy atom. The Kier molecular flexibility index (Phi) is 7.94. The molecule has 0 saturated carbocycles. The SMILES string of the molecule is CCC(Oc1ccc(-c2ccccc2)cc1)C(=O)Nc1ccc(S(=O)(=O)Nc2c(C)cccc2C)cc1. The van der Waals surface area contributed by atoms with Gasteiger partial charge >= 0.3 is 0 Å². The first kappa shape index (κ1) is 26.0. The third kappa shape index (κ3) is 6.37. The first-order valence-corrected chi connectivity index (χ1v) is 13.6.